The first-order chi connectivity index (χ1) is 17.3. The molecule has 0 saturated carbocycles. The molecule has 1 radical (unpaired) electrons. The second-order valence-corrected chi connectivity index (χ2v) is 9.58. The summed E-state index contributed by atoms with van der Waals surface area (Å²) in [5.41, 5.74) is 15.4. The summed E-state index contributed by atoms with van der Waals surface area (Å²) in [6, 6.07) is 37.5. The van der Waals surface area contributed by atoms with Crippen LogP contribution in [0.5, 0.6) is 5.75 Å². The van der Waals surface area contributed by atoms with E-state index in [1.54, 1.807) is 0 Å². The highest BCUT2D eigenvalue weighted by molar-refractivity contribution is 6.17. The fraction of sp³-hybridized carbons (Fsp3) is 0.0625. The molecule has 0 aromatic heterocycles. The van der Waals surface area contributed by atoms with Gasteiger partial charge in [0.15, 0.2) is 0 Å². The van der Waals surface area contributed by atoms with Gasteiger partial charge in [-0.25, -0.2) is 0 Å². The number of fused-ring (bicyclic) bond motifs is 14. The van der Waals surface area contributed by atoms with Crippen molar-refractivity contribution in [2.45, 2.75) is 11.8 Å². The Morgan fingerprint density at radius 3 is 1.80 bits per heavy atom. The van der Waals surface area contributed by atoms with Crippen molar-refractivity contribution in [1.82, 2.24) is 0 Å². The lowest BCUT2D eigenvalue weighted by atomic mass is 9.70. The second-order valence-electron chi connectivity index (χ2n) is 9.58. The molecule has 0 bridgehead atoms. The maximum atomic E-state index is 9.33. The summed E-state index contributed by atoms with van der Waals surface area (Å²) in [7, 11) is 0.777. The first-order valence-electron chi connectivity index (χ1n) is 12.0. The van der Waals surface area contributed by atoms with Crippen LogP contribution in [-0.2, 0) is 11.8 Å². The van der Waals surface area contributed by atoms with E-state index in [2.05, 4.69) is 91.0 Å². The Morgan fingerprint density at radius 2 is 1.11 bits per heavy atom. The molecule has 1 N–H and O–H groups in total. The molecule has 3 heteroatoms. The average Bonchev–Trinajstić information content (AvgIpc) is 3.53. The highest BCUT2D eigenvalue weighted by Crippen LogP contribution is 2.64. The van der Waals surface area contributed by atoms with Gasteiger partial charge in [0.1, 0.15) is 5.75 Å². The molecule has 3 aliphatic rings. The highest BCUT2D eigenvalue weighted by Gasteiger charge is 2.52. The minimum absolute atomic E-state index is 0.318. The zero-order valence-corrected chi connectivity index (χ0v) is 19.0. The molecule has 2 nitrogen and oxygen atoms in total. The third-order valence-corrected chi connectivity index (χ3v) is 8.23. The summed E-state index contributed by atoms with van der Waals surface area (Å²) in [6.45, 7) is 0. The number of benzene rings is 5. The Hall–Kier alpha value is -4.08. The molecule has 8 rings (SSSR count). The van der Waals surface area contributed by atoms with Gasteiger partial charge in [-0.15, -0.1) is 0 Å². The van der Waals surface area contributed by atoms with E-state index in [-0.39, 0.29) is 5.41 Å². The van der Waals surface area contributed by atoms with Crippen molar-refractivity contribution in [2.24, 2.45) is 0 Å². The van der Waals surface area contributed by atoms with Crippen LogP contribution < -0.4 is 4.65 Å². The first kappa shape index (κ1) is 19.3. The first-order valence-corrected chi connectivity index (χ1v) is 12.0. The maximum absolute atomic E-state index is 9.33. The molecule has 5 aromatic carbocycles. The van der Waals surface area contributed by atoms with Crippen LogP contribution in [0.2, 0.25) is 0 Å². The van der Waals surface area contributed by atoms with E-state index < -0.39 is 0 Å². The van der Waals surface area contributed by atoms with Crippen molar-refractivity contribution in [3.05, 3.63) is 137 Å². The quantitative estimate of drug-likeness (QED) is 0.306. The highest BCUT2D eigenvalue weighted by atomic mass is 16.5. The van der Waals surface area contributed by atoms with Crippen LogP contribution in [0.15, 0.2) is 103 Å². The Labute approximate surface area is 204 Å². The molecule has 0 aliphatic heterocycles. The summed E-state index contributed by atoms with van der Waals surface area (Å²) in [5, 5.41) is 9.33. The van der Waals surface area contributed by atoms with Crippen LogP contribution in [0.3, 0.4) is 0 Å². The Balaban J connectivity index is 1.49. The second kappa shape index (κ2) is 6.75. The normalized spacial score (nSPS) is 14.5. The van der Waals surface area contributed by atoms with Gasteiger partial charge in [0, 0.05) is 12.0 Å². The molecule has 0 unspecified atom stereocenters. The monoisotopic (exact) mass is 447 g/mol. The Morgan fingerprint density at radius 1 is 0.543 bits per heavy atom. The number of rotatable bonds is 2. The van der Waals surface area contributed by atoms with E-state index in [9.17, 15) is 5.02 Å². The molecule has 35 heavy (non-hydrogen) atoms. The summed E-state index contributed by atoms with van der Waals surface area (Å²) in [4.78, 5) is 0. The van der Waals surface area contributed by atoms with E-state index in [0.29, 0.717) is 5.75 Å². The fourth-order valence-electron chi connectivity index (χ4n) is 7.04. The lowest BCUT2D eigenvalue weighted by Gasteiger charge is -2.30. The van der Waals surface area contributed by atoms with E-state index in [1.165, 1.54) is 61.2 Å². The van der Waals surface area contributed by atoms with Crippen molar-refractivity contribution < 1.29 is 9.68 Å². The third-order valence-electron chi connectivity index (χ3n) is 8.23. The molecule has 0 heterocycles. The van der Waals surface area contributed by atoms with E-state index in [1.807, 2.05) is 12.1 Å². The summed E-state index contributed by atoms with van der Waals surface area (Å²) >= 11 is 0. The van der Waals surface area contributed by atoms with Crippen LogP contribution >= 0.6 is 0 Å². The minimum Gasteiger partial charge on any atom is -0.537 e. The van der Waals surface area contributed by atoms with Crippen molar-refractivity contribution in [3.8, 4) is 39.1 Å². The number of hydrogen-bond acceptors (Lipinski definition) is 2. The Kier molecular flexibility index (Phi) is 3.71. The summed E-state index contributed by atoms with van der Waals surface area (Å²) < 4.78 is 5.49. The van der Waals surface area contributed by atoms with Gasteiger partial charge in [0.2, 0.25) is 0 Å². The molecule has 3 aliphatic carbocycles. The molecule has 0 amide bonds. The van der Waals surface area contributed by atoms with Gasteiger partial charge in [-0.2, -0.15) is 0 Å². The predicted octanol–water partition coefficient (Wildman–Crippen LogP) is 6.51. The van der Waals surface area contributed by atoms with Crippen molar-refractivity contribution in [3.63, 3.8) is 0 Å². The molecule has 0 atom stereocenters. The van der Waals surface area contributed by atoms with Gasteiger partial charge >= 0.3 is 7.69 Å². The van der Waals surface area contributed by atoms with Crippen molar-refractivity contribution >= 4 is 7.69 Å². The smallest absolute Gasteiger partial charge is 0.537 e. The minimum atomic E-state index is -0.318. The van der Waals surface area contributed by atoms with Gasteiger partial charge in [0.25, 0.3) is 0 Å². The van der Waals surface area contributed by atoms with Gasteiger partial charge in [-0.1, -0.05) is 97.1 Å². The van der Waals surface area contributed by atoms with Crippen molar-refractivity contribution in [1.29, 1.82) is 0 Å². The summed E-state index contributed by atoms with van der Waals surface area (Å²) in [5.74, 6) is 0.715. The van der Waals surface area contributed by atoms with Gasteiger partial charge in [-0.05, 0) is 67.3 Å². The predicted molar refractivity (Wildman–Crippen MR) is 140 cm³/mol. The lowest BCUT2D eigenvalue weighted by molar-refractivity contribution is 0.451. The molecule has 5 aromatic rings. The average molecular weight is 447 g/mol. The molecular formula is C32H20BO2. The third kappa shape index (κ3) is 2.20. The maximum Gasteiger partial charge on any atom is 0.569 e. The molecular weight excluding hydrogens is 427 g/mol. The molecule has 163 valence electrons. The molecule has 1 spiro atoms. The topological polar surface area (TPSA) is 29.5 Å². The SMILES string of the molecule is O[B]Oc1cccc2c1Cc1c-2ccc2c1-c1ccccc1C21c2ccccc2-c2ccccc21. The standard InChI is InChI=1S/C32H20BO2/c34-33-35-30-15-7-11-19-20-16-17-29-31(25(20)18-24(19)30)23-10-3-6-14-28(23)32(29)26-12-4-1-8-21(26)22-9-2-5-13-27(22)32/h1-17,34H,18H2. The van der Waals surface area contributed by atoms with E-state index >= 15 is 0 Å². The number of hydrogen-bond donors (Lipinski definition) is 1. The van der Waals surface area contributed by atoms with Crippen LogP contribution in [-0.4, -0.2) is 12.7 Å². The lowest BCUT2D eigenvalue weighted by Crippen LogP contribution is -2.25. The molecule has 0 saturated heterocycles. The van der Waals surface area contributed by atoms with Crippen LogP contribution in [0, 0.1) is 0 Å². The summed E-state index contributed by atoms with van der Waals surface area (Å²) in [6.07, 6.45) is 0.783. The fourth-order valence-corrected chi connectivity index (χ4v) is 7.04. The van der Waals surface area contributed by atoms with Gasteiger partial charge in [0.05, 0.1) is 5.41 Å². The largest absolute Gasteiger partial charge is 0.569 e. The van der Waals surface area contributed by atoms with E-state index in [0.717, 1.165) is 19.7 Å². The zero-order chi connectivity index (χ0) is 23.1. The van der Waals surface area contributed by atoms with Crippen LogP contribution in [0.1, 0.15) is 33.4 Å². The van der Waals surface area contributed by atoms with Crippen LogP contribution in [0.4, 0.5) is 0 Å². The van der Waals surface area contributed by atoms with E-state index in [4.69, 9.17) is 4.65 Å². The Bertz CT molecular complexity index is 1660. The van der Waals surface area contributed by atoms with Gasteiger partial charge < -0.3 is 9.68 Å². The molecule has 0 fully saturated rings. The zero-order valence-electron chi connectivity index (χ0n) is 19.0. The van der Waals surface area contributed by atoms with Crippen molar-refractivity contribution in [2.75, 3.05) is 0 Å². The van der Waals surface area contributed by atoms with Crippen LogP contribution in [0.25, 0.3) is 33.4 Å². The van der Waals surface area contributed by atoms with Gasteiger partial charge in [-0.3, -0.25) is 0 Å².